The standard InChI is InChI=1S/C35H27FN2O3/c1-22(24-8-10-27(11-9-24)35(40)41)37-34(39)32-20-30(26-12-14-31(36)15-13-26)19-29-16-17-38(33(29)32)21-23-6-7-25-4-2-3-5-28(25)18-23/h2-20,22H,21H2,1H3,(H,37,39)(H,40,41)/t22-/m0/s1. The van der Waals surface area contributed by atoms with E-state index in [2.05, 4.69) is 40.2 Å². The Bertz CT molecular complexity index is 1910. The molecule has 0 saturated heterocycles. The maximum absolute atomic E-state index is 13.9. The summed E-state index contributed by atoms with van der Waals surface area (Å²) in [6, 6.07) is 32.8. The Balaban J connectivity index is 1.39. The summed E-state index contributed by atoms with van der Waals surface area (Å²) in [5.41, 5.74) is 5.01. The average Bonchev–Trinajstić information content (AvgIpc) is 3.39. The van der Waals surface area contributed by atoms with E-state index in [-0.39, 0.29) is 23.3 Å². The zero-order valence-electron chi connectivity index (χ0n) is 22.3. The van der Waals surface area contributed by atoms with Gasteiger partial charge in [-0.25, -0.2) is 9.18 Å². The van der Waals surface area contributed by atoms with Gasteiger partial charge in [-0.2, -0.15) is 0 Å². The third kappa shape index (κ3) is 5.32. The van der Waals surface area contributed by atoms with E-state index in [4.69, 9.17) is 0 Å². The number of carbonyl (C=O) groups excluding carboxylic acids is 1. The molecular formula is C35H27FN2O3. The zero-order chi connectivity index (χ0) is 28.5. The van der Waals surface area contributed by atoms with E-state index in [1.807, 2.05) is 43.5 Å². The number of hydrogen-bond acceptors (Lipinski definition) is 2. The van der Waals surface area contributed by atoms with Crippen LogP contribution in [0.3, 0.4) is 0 Å². The molecule has 1 amide bonds. The number of fused-ring (bicyclic) bond motifs is 2. The summed E-state index contributed by atoms with van der Waals surface area (Å²) in [5.74, 6) is -1.58. The second-order valence-electron chi connectivity index (χ2n) is 10.2. The molecule has 0 fully saturated rings. The minimum atomic E-state index is -1.000. The summed E-state index contributed by atoms with van der Waals surface area (Å²) >= 11 is 0. The number of aromatic nitrogens is 1. The first-order chi connectivity index (χ1) is 19.9. The van der Waals surface area contributed by atoms with Crippen molar-refractivity contribution >= 4 is 33.6 Å². The topological polar surface area (TPSA) is 71.3 Å². The highest BCUT2D eigenvalue weighted by Crippen LogP contribution is 2.30. The molecule has 0 spiro atoms. The van der Waals surface area contributed by atoms with Crippen molar-refractivity contribution in [1.29, 1.82) is 0 Å². The molecule has 6 aromatic rings. The summed E-state index contributed by atoms with van der Waals surface area (Å²) in [4.78, 5) is 25.1. The molecule has 0 aliphatic carbocycles. The third-order valence-electron chi connectivity index (χ3n) is 7.45. The van der Waals surface area contributed by atoms with Gasteiger partial charge >= 0.3 is 5.97 Å². The van der Waals surface area contributed by atoms with Gasteiger partial charge in [0.05, 0.1) is 22.7 Å². The predicted molar refractivity (Wildman–Crippen MR) is 160 cm³/mol. The van der Waals surface area contributed by atoms with Gasteiger partial charge in [0.25, 0.3) is 5.91 Å². The number of nitrogens with one attached hydrogen (secondary N) is 1. The summed E-state index contributed by atoms with van der Waals surface area (Å²) in [6.07, 6.45) is 1.99. The van der Waals surface area contributed by atoms with Gasteiger partial charge in [0.1, 0.15) is 5.82 Å². The van der Waals surface area contributed by atoms with E-state index >= 15 is 0 Å². The summed E-state index contributed by atoms with van der Waals surface area (Å²) in [6.45, 7) is 2.44. The minimum Gasteiger partial charge on any atom is -0.478 e. The Kier molecular flexibility index (Phi) is 6.81. The van der Waals surface area contributed by atoms with E-state index in [1.165, 1.54) is 29.7 Å². The number of carbonyl (C=O) groups is 2. The second-order valence-corrected chi connectivity index (χ2v) is 10.2. The van der Waals surface area contributed by atoms with Gasteiger partial charge in [0.15, 0.2) is 0 Å². The molecular weight excluding hydrogens is 515 g/mol. The number of carboxylic acid groups (broad SMARTS) is 1. The maximum Gasteiger partial charge on any atom is 0.335 e. The summed E-state index contributed by atoms with van der Waals surface area (Å²) in [5, 5.41) is 15.5. The number of carboxylic acids is 1. The van der Waals surface area contributed by atoms with Gasteiger partial charge in [0.2, 0.25) is 0 Å². The van der Waals surface area contributed by atoms with Crippen molar-refractivity contribution in [3.63, 3.8) is 0 Å². The highest BCUT2D eigenvalue weighted by atomic mass is 19.1. The molecule has 6 rings (SSSR count). The Hall–Kier alpha value is -5.23. The summed E-state index contributed by atoms with van der Waals surface area (Å²) < 4.78 is 15.7. The lowest BCUT2D eigenvalue weighted by atomic mass is 9.99. The number of benzene rings is 5. The van der Waals surface area contributed by atoms with Crippen LogP contribution in [0.15, 0.2) is 115 Å². The molecule has 1 aromatic heterocycles. The largest absolute Gasteiger partial charge is 0.478 e. The molecule has 0 aliphatic rings. The smallest absolute Gasteiger partial charge is 0.335 e. The second kappa shape index (κ2) is 10.7. The molecule has 202 valence electrons. The molecule has 5 aromatic carbocycles. The molecule has 6 heteroatoms. The van der Waals surface area contributed by atoms with Crippen molar-refractivity contribution in [3.05, 3.63) is 143 Å². The van der Waals surface area contributed by atoms with E-state index in [9.17, 15) is 19.1 Å². The van der Waals surface area contributed by atoms with Crippen molar-refractivity contribution in [2.45, 2.75) is 19.5 Å². The number of hydrogen-bond donors (Lipinski definition) is 2. The van der Waals surface area contributed by atoms with Gasteiger partial charge in [-0.1, -0.05) is 60.7 Å². The lowest BCUT2D eigenvalue weighted by Gasteiger charge is -2.17. The third-order valence-corrected chi connectivity index (χ3v) is 7.45. The first-order valence-electron chi connectivity index (χ1n) is 13.4. The Morgan fingerprint density at radius 2 is 1.54 bits per heavy atom. The normalized spacial score (nSPS) is 12.0. The molecule has 0 aliphatic heterocycles. The Morgan fingerprint density at radius 1 is 0.805 bits per heavy atom. The van der Waals surface area contributed by atoms with E-state index in [1.54, 1.807) is 24.3 Å². The monoisotopic (exact) mass is 542 g/mol. The van der Waals surface area contributed by atoms with Gasteiger partial charge in [-0.15, -0.1) is 0 Å². The Labute approximate surface area is 236 Å². The van der Waals surface area contributed by atoms with Gasteiger partial charge < -0.3 is 15.0 Å². The van der Waals surface area contributed by atoms with Crippen LogP contribution in [0.1, 0.15) is 44.8 Å². The highest BCUT2D eigenvalue weighted by molar-refractivity contribution is 6.08. The van der Waals surface area contributed by atoms with Crippen molar-refractivity contribution < 1.29 is 19.1 Å². The number of halogens is 1. The lowest BCUT2D eigenvalue weighted by Crippen LogP contribution is -2.27. The molecule has 5 nitrogen and oxygen atoms in total. The molecule has 0 saturated carbocycles. The van der Waals surface area contributed by atoms with Crippen LogP contribution in [0.5, 0.6) is 0 Å². The molecule has 1 heterocycles. The Morgan fingerprint density at radius 3 is 2.27 bits per heavy atom. The van der Waals surface area contributed by atoms with Crippen LogP contribution in [0.25, 0.3) is 32.8 Å². The fourth-order valence-corrected chi connectivity index (χ4v) is 5.27. The number of aromatic carboxylic acids is 1. The molecule has 1 atom stereocenters. The van der Waals surface area contributed by atoms with E-state index < -0.39 is 5.97 Å². The average molecular weight is 543 g/mol. The maximum atomic E-state index is 13.9. The first-order valence-corrected chi connectivity index (χ1v) is 13.4. The van der Waals surface area contributed by atoms with Crippen LogP contribution < -0.4 is 5.32 Å². The summed E-state index contributed by atoms with van der Waals surface area (Å²) in [7, 11) is 0. The molecule has 2 N–H and O–H groups in total. The van der Waals surface area contributed by atoms with Gasteiger partial charge in [-0.05, 0) is 88.5 Å². The van der Waals surface area contributed by atoms with Crippen LogP contribution in [0.2, 0.25) is 0 Å². The van der Waals surface area contributed by atoms with Crippen LogP contribution in [0, 0.1) is 5.82 Å². The molecule has 0 bridgehead atoms. The predicted octanol–water partition coefficient (Wildman–Crippen LogP) is 7.84. The van der Waals surface area contributed by atoms with Crippen molar-refractivity contribution in [3.8, 4) is 11.1 Å². The quantitative estimate of drug-likeness (QED) is 0.216. The number of rotatable bonds is 7. The van der Waals surface area contributed by atoms with Crippen LogP contribution in [0.4, 0.5) is 4.39 Å². The van der Waals surface area contributed by atoms with Gasteiger partial charge in [0, 0.05) is 18.1 Å². The molecule has 0 radical (unpaired) electrons. The molecule has 0 unspecified atom stereocenters. The molecule has 41 heavy (non-hydrogen) atoms. The fourth-order valence-electron chi connectivity index (χ4n) is 5.27. The van der Waals surface area contributed by atoms with Crippen molar-refractivity contribution in [2.24, 2.45) is 0 Å². The number of nitrogens with zero attached hydrogens (tertiary/aromatic N) is 1. The van der Waals surface area contributed by atoms with E-state index in [0.29, 0.717) is 12.1 Å². The fraction of sp³-hybridized carbons (Fsp3) is 0.0857. The van der Waals surface area contributed by atoms with E-state index in [0.717, 1.165) is 38.5 Å². The lowest BCUT2D eigenvalue weighted by molar-refractivity contribution is 0.0696. The SMILES string of the molecule is C[C@H](NC(=O)c1cc(-c2ccc(F)cc2)cc2ccn(Cc3ccc4ccccc4c3)c12)c1ccc(C(=O)O)cc1. The van der Waals surface area contributed by atoms with Gasteiger partial charge in [-0.3, -0.25) is 4.79 Å². The number of amides is 1. The minimum absolute atomic E-state index is 0.188. The van der Waals surface area contributed by atoms with Crippen LogP contribution in [-0.4, -0.2) is 21.6 Å². The van der Waals surface area contributed by atoms with Crippen molar-refractivity contribution in [2.75, 3.05) is 0 Å². The first kappa shape index (κ1) is 26.0. The van der Waals surface area contributed by atoms with Crippen LogP contribution >= 0.6 is 0 Å². The van der Waals surface area contributed by atoms with Crippen molar-refractivity contribution in [1.82, 2.24) is 9.88 Å². The van der Waals surface area contributed by atoms with Crippen LogP contribution in [-0.2, 0) is 6.54 Å². The highest BCUT2D eigenvalue weighted by Gasteiger charge is 2.19. The zero-order valence-corrected chi connectivity index (χ0v) is 22.3.